The van der Waals surface area contributed by atoms with Crippen molar-refractivity contribution < 1.29 is 9.59 Å². The summed E-state index contributed by atoms with van der Waals surface area (Å²) in [4.78, 5) is 42.8. The fourth-order valence-corrected chi connectivity index (χ4v) is 3.54. The van der Waals surface area contributed by atoms with Gasteiger partial charge in [0.05, 0.1) is 23.6 Å². The summed E-state index contributed by atoms with van der Waals surface area (Å²) < 4.78 is 3.45. The number of nitrogens with zero attached hydrogens (tertiary/aromatic N) is 7. The van der Waals surface area contributed by atoms with Gasteiger partial charge in [-0.05, 0) is 26.0 Å². The van der Waals surface area contributed by atoms with E-state index in [4.69, 9.17) is 0 Å². The van der Waals surface area contributed by atoms with Crippen LogP contribution in [0.4, 0.5) is 5.69 Å². The second-order valence-electron chi connectivity index (χ2n) is 7.50. The molecule has 158 valence electrons. The molecule has 32 heavy (non-hydrogen) atoms. The molecule has 0 saturated heterocycles. The molecule has 5 rings (SSSR count). The molecule has 0 unspecified atom stereocenters. The average Bonchev–Trinajstić information content (AvgIpc) is 3.41. The number of amides is 1. The van der Waals surface area contributed by atoms with Gasteiger partial charge in [0, 0.05) is 48.0 Å². The van der Waals surface area contributed by atoms with Gasteiger partial charge in [0.2, 0.25) is 0 Å². The van der Waals surface area contributed by atoms with E-state index in [1.54, 1.807) is 36.9 Å². The van der Waals surface area contributed by atoms with Crippen LogP contribution in [-0.2, 0) is 0 Å². The average molecular weight is 426 g/mol. The van der Waals surface area contributed by atoms with Gasteiger partial charge in [0.1, 0.15) is 17.5 Å². The molecule has 0 spiro atoms. The topological polar surface area (TPSA) is 120 Å². The largest absolute Gasteiger partial charge is 0.329 e. The highest BCUT2D eigenvalue weighted by Crippen LogP contribution is 2.25. The molecule has 0 atom stereocenters. The van der Waals surface area contributed by atoms with E-state index in [0.29, 0.717) is 39.1 Å². The van der Waals surface area contributed by atoms with Crippen molar-refractivity contribution in [3.63, 3.8) is 0 Å². The van der Waals surface area contributed by atoms with Gasteiger partial charge in [0.15, 0.2) is 11.4 Å². The minimum Gasteiger partial charge on any atom is -0.329 e. The van der Waals surface area contributed by atoms with E-state index < -0.39 is 5.91 Å². The molecule has 5 aromatic rings. The number of pyridine rings is 1. The summed E-state index contributed by atoms with van der Waals surface area (Å²) in [6, 6.07) is 3.44. The van der Waals surface area contributed by atoms with Gasteiger partial charge < -0.3 is 9.88 Å². The van der Waals surface area contributed by atoms with Gasteiger partial charge in [0.25, 0.3) is 5.91 Å². The first-order valence-corrected chi connectivity index (χ1v) is 9.93. The number of carbonyl (C=O) groups excluding carboxylic acids is 2. The van der Waals surface area contributed by atoms with E-state index in [-0.39, 0.29) is 11.8 Å². The van der Waals surface area contributed by atoms with E-state index in [1.165, 1.54) is 29.4 Å². The highest BCUT2D eigenvalue weighted by molar-refractivity contribution is 6.16. The first kappa shape index (κ1) is 19.5. The molecule has 0 aliphatic rings. The van der Waals surface area contributed by atoms with Crippen molar-refractivity contribution in [1.82, 2.24) is 34.1 Å². The molecule has 0 aliphatic heterocycles. The third kappa shape index (κ3) is 3.27. The van der Waals surface area contributed by atoms with Crippen molar-refractivity contribution in [2.24, 2.45) is 0 Å². The van der Waals surface area contributed by atoms with E-state index >= 15 is 0 Å². The van der Waals surface area contributed by atoms with Crippen LogP contribution in [-0.4, -0.2) is 45.8 Å². The molecular formula is C22H18N8O2. The number of hydrogen-bond donors (Lipinski definition) is 1. The molecule has 5 aromatic heterocycles. The predicted octanol–water partition coefficient (Wildman–Crippen LogP) is 2.93. The van der Waals surface area contributed by atoms with Crippen LogP contribution in [0.2, 0.25) is 0 Å². The van der Waals surface area contributed by atoms with Crippen LogP contribution in [0.25, 0.3) is 16.7 Å². The number of hydrogen-bond acceptors (Lipinski definition) is 7. The van der Waals surface area contributed by atoms with Crippen molar-refractivity contribution in [3.8, 4) is 0 Å². The van der Waals surface area contributed by atoms with Crippen LogP contribution in [0, 0.1) is 0 Å². The summed E-state index contributed by atoms with van der Waals surface area (Å²) in [6.45, 7) is 4.03. The normalized spacial score (nSPS) is 11.3. The van der Waals surface area contributed by atoms with Crippen LogP contribution in [0.3, 0.4) is 0 Å². The maximum Gasteiger partial charge on any atom is 0.261 e. The molecule has 0 radical (unpaired) electrons. The Morgan fingerprint density at radius 1 is 1.00 bits per heavy atom. The van der Waals surface area contributed by atoms with Crippen molar-refractivity contribution >= 4 is 34.1 Å². The van der Waals surface area contributed by atoms with Gasteiger partial charge in [-0.1, -0.05) is 0 Å². The SMILES string of the molecule is CC(C)n1cc(C(=O)c2cncc(NC(=O)c3cnn4cccnc34)c2)c2cncnc21. The Hall–Kier alpha value is -4.47. The lowest BCUT2D eigenvalue weighted by atomic mass is 10.1. The van der Waals surface area contributed by atoms with Crippen LogP contribution < -0.4 is 5.32 Å². The van der Waals surface area contributed by atoms with E-state index in [0.717, 1.165) is 0 Å². The second kappa shape index (κ2) is 7.65. The molecule has 0 saturated carbocycles. The lowest BCUT2D eigenvalue weighted by Gasteiger charge is -2.07. The summed E-state index contributed by atoms with van der Waals surface area (Å²) >= 11 is 0. The van der Waals surface area contributed by atoms with E-state index in [1.807, 2.05) is 18.4 Å². The Bertz CT molecular complexity index is 1480. The molecule has 5 heterocycles. The zero-order valence-corrected chi connectivity index (χ0v) is 17.3. The molecule has 0 aliphatic carbocycles. The Labute approximate surface area is 182 Å². The number of nitrogens with one attached hydrogen (secondary N) is 1. The fraction of sp³-hybridized carbons (Fsp3) is 0.136. The lowest BCUT2D eigenvalue weighted by Crippen LogP contribution is -2.13. The number of anilines is 1. The Morgan fingerprint density at radius 2 is 1.88 bits per heavy atom. The first-order chi connectivity index (χ1) is 15.5. The maximum absolute atomic E-state index is 13.3. The third-order valence-corrected chi connectivity index (χ3v) is 5.08. The fourth-order valence-electron chi connectivity index (χ4n) is 3.54. The Morgan fingerprint density at radius 3 is 2.72 bits per heavy atom. The smallest absolute Gasteiger partial charge is 0.261 e. The Kier molecular flexibility index (Phi) is 4.66. The Balaban J connectivity index is 1.46. The first-order valence-electron chi connectivity index (χ1n) is 9.93. The molecule has 1 N–H and O–H groups in total. The van der Waals surface area contributed by atoms with Gasteiger partial charge in [-0.25, -0.2) is 19.5 Å². The third-order valence-electron chi connectivity index (χ3n) is 5.08. The summed E-state index contributed by atoms with van der Waals surface area (Å²) in [5.41, 5.74) is 2.65. The molecule has 0 bridgehead atoms. The summed E-state index contributed by atoms with van der Waals surface area (Å²) in [5, 5.41) is 7.55. The molecule has 1 amide bonds. The molecule has 10 nitrogen and oxygen atoms in total. The maximum atomic E-state index is 13.3. The van der Waals surface area contributed by atoms with Crippen molar-refractivity contribution in [2.75, 3.05) is 5.32 Å². The van der Waals surface area contributed by atoms with Crippen LogP contribution >= 0.6 is 0 Å². The number of carbonyl (C=O) groups is 2. The molecular weight excluding hydrogens is 408 g/mol. The lowest BCUT2D eigenvalue weighted by molar-refractivity contribution is 0.102. The van der Waals surface area contributed by atoms with Crippen molar-refractivity contribution in [1.29, 1.82) is 0 Å². The number of aromatic nitrogens is 7. The monoisotopic (exact) mass is 426 g/mol. The van der Waals surface area contributed by atoms with E-state index in [9.17, 15) is 9.59 Å². The zero-order chi connectivity index (χ0) is 22.2. The summed E-state index contributed by atoms with van der Waals surface area (Å²) in [6.07, 6.45) is 12.6. The minimum absolute atomic E-state index is 0.122. The standard InChI is InChI=1S/C22H18N8O2/c1-13(2)29-11-18(16-9-24-12-26-20(16)29)19(31)14-6-15(8-23-7-14)28-22(32)17-10-27-30-5-3-4-25-21(17)30/h3-13H,1-2H3,(H,28,32). The van der Waals surface area contributed by atoms with Crippen LogP contribution in [0.1, 0.15) is 46.2 Å². The van der Waals surface area contributed by atoms with Gasteiger partial charge in [-0.2, -0.15) is 5.10 Å². The van der Waals surface area contributed by atoms with Crippen molar-refractivity contribution in [2.45, 2.75) is 19.9 Å². The minimum atomic E-state index is -0.394. The number of ketones is 1. The zero-order valence-electron chi connectivity index (χ0n) is 17.3. The number of fused-ring (bicyclic) bond motifs is 2. The van der Waals surface area contributed by atoms with Gasteiger partial charge in [-0.3, -0.25) is 14.6 Å². The number of rotatable bonds is 5. The molecule has 10 heteroatoms. The van der Waals surface area contributed by atoms with Crippen LogP contribution in [0.15, 0.2) is 61.8 Å². The van der Waals surface area contributed by atoms with Gasteiger partial charge in [-0.15, -0.1) is 0 Å². The molecule has 0 fully saturated rings. The highest BCUT2D eigenvalue weighted by atomic mass is 16.1. The highest BCUT2D eigenvalue weighted by Gasteiger charge is 2.20. The molecule has 0 aromatic carbocycles. The second-order valence-corrected chi connectivity index (χ2v) is 7.50. The van der Waals surface area contributed by atoms with Crippen LogP contribution in [0.5, 0.6) is 0 Å². The van der Waals surface area contributed by atoms with Gasteiger partial charge >= 0.3 is 0 Å². The summed E-state index contributed by atoms with van der Waals surface area (Å²) in [7, 11) is 0. The van der Waals surface area contributed by atoms with E-state index in [2.05, 4.69) is 30.4 Å². The van der Waals surface area contributed by atoms with Crippen molar-refractivity contribution in [3.05, 3.63) is 78.5 Å². The summed E-state index contributed by atoms with van der Waals surface area (Å²) in [5.74, 6) is -0.625. The predicted molar refractivity (Wildman–Crippen MR) is 117 cm³/mol. The quantitative estimate of drug-likeness (QED) is 0.429.